The molecule has 0 saturated heterocycles. The highest BCUT2D eigenvalue weighted by Gasteiger charge is 2.41. The first-order chi connectivity index (χ1) is 9.91. The Labute approximate surface area is 133 Å². The fourth-order valence-electron chi connectivity index (χ4n) is 2.40. The number of aliphatic hydroxyl groups is 1. The van der Waals surface area contributed by atoms with Crippen LogP contribution < -0.4 is 5.73 Å². The van der Waals surface area contributed by atoms with Crippen molar-refractivity contribution in [3.05, 3.63) is 69.2 Å². The molecule has 0 spiro atoms. The van der Waals surface area contributed by atoms with Gasteiger partial charge in [-0.1, -0.05) is 60.5 Å². The predicted octanol–water partition coefficient (Wildman–Crippen LogP) is 3.28. The van der Waals surface area contributed by atoms with E-state index in [4.69, 9.17) is 28.9 Å². The number of halogens is 2. The zero-order valence-electron chi connectivity index (χ0n) is 11.4. The molecular formula is C16H15Cl2NO2. The van der Waals surface area contributed by atoms with Crippen LogP contribution in [0, 0.1) is 0 Å². The third kappa shape index (κ3) is 2.77. The third-order valence-electron chi connectivity index (χ3n) is 3.43. The van der Waals surface area contributed by atoms with Crippen LogP contribution in [0.2, 0.25) is 10.0 Å². The lowest BCUT2D eigenvalue weighted by atomic mass is 9.82. The van der Waals surface area contributed by atoms with Crippen molar-refractivity contribution >= 4 is 29.1 Å². The summed E-state index contributed by atoms with van der Waals surface area (Å²) in [7, 11) is 0. The second-order valence-corrected chi connectivity index (χ2v) is 5.56. The number of nitrogens with two attached hydrogens (primary N) is 1. The smallest absolute Gasteiger partial charge is 0.258 e. The van der Waals surface area contributed by atoms with Crippen molar-refractivity contribution in [3.8, 4) is 0 Å². The van der Waals surface area contributed by atoms with E-state index in [0.717, 1.165) is 0 Å². The summed E-state index contributed by atoms with van der Waals surface area (Å²) in [5.41, 5.74) is 4.83. The van der Waals surface area contributed by atoms with Crippen LogP contribution in [0.3, 0.4) is 0 Å². The lowest BCUT2D eigenvalue weighted by Crippen LogP contribution is -2.43. The number of rotatable bonds is 4. The summed E-state index contributed by atoms with van der Waals surface area (Å²) in [6.45, 7) is 1.89. The first kappa shape index (κ1) is 15.8. The third-order valence-corrected chi connectivity index (χ3v) is 3.94. The molecule has 5 heteroatoms. The van der Waals surface area contributed by atoms with E-state index in [-0.39, 0.29) is 10.6 Å². The summed E-state index contributed by atoms with van der Waals surface area (Å²) in [5.74, 6) is -0.882. The summed E-state index contributed by atoms with van der Waals surface area (Å²) in [5, 5.41) is 11.7. The largest absolute Gasteiger partial charge is 0.372 e. The Balaban J connectivity index is 2.79. The molecule has 2 aromatic carbocycles. The van der Waals surface area contributed by atoms with E-state index in [1.807, 2.05) is 6.92 Å². The van der Waals surface area contributed by atoms with Gasteiger partial charge >= 0.3 is 0 Å². The molecule has 0 saturated carbocycles. The minimum absolute atomic E-state index is 0.213. The van der Waals surface area contributed by atoms with Crippen LogP contribution in [0.1, 0.15) is 23.6 Å². The lowest BCUT2D eigenvalue weighted by Gasteiger charge is -2.29. The second kappa shape index (κ2) is 6.06. The molecule has 2 aromatic rings. The van der Waals surface area contributed by atoms with E-state index in [1.54, 1.807) is 36.4 Å². The number of aryl methyl sites for hydroxylation is 1. The number of amides is 1. The standard InChI is InChI=1S/C16H15Cl2NO2/c1-2-10-8-12(17)9-13(18)14(10)16(21,15(19)20)11-6-4-3-5-7-11/h3-9,21H,2H2,1H3,(H2,19,20). The van der Waals surface area contributed by atoms with Gasteiger partial charge in [-0.05, 0) is 29.7 Å². The van der Waals surface area contributed by atoms with Crippen LogP contribution in [-0.2, 0) is 16.8 Å². The van der Waals surface area contributed by atoms with Crippen LogP contribution in [0.5, 0.6) is 0 Å². The molecule has 0 heterocycles. The molecule has 1 unspecified atom stereocenters. The zero-order chi connectivity index (χ0) is 15.6. The molecule has 110 valence electrons. The highest BCUT2D eigenvalue weighted by Crippen LogP contribution is 2.38. The van der Waals surface area contributed by atoms with E-state index in [2.05, 4.69) is 0 Å². The van der Waals surface area contributed by atoms with Crippen molar-refractivity contribution in [3.63, 3.8) is 0 Å². The van der Waals surface area contributed by atoms with Crippen molar-refractivity contribution in [1.82, 2.24) is 0 Å². The Morgan fingerprint density at radius 3 is 2.38 bits per heavy atom. The molecule has 0 bridgehead atoms. The summed E-state index contributed by atoms with van der Waals surface area (Å²) < 4.78 is 0. The van der Waals surface area contributed by atoms with Gasteiger partial charge in [0.1, 0.15) is 0 Å². The van der Waals surface area contributed by atoms with Crippen LogP contribution in [0.15, 0.2) is 42.5 Å². The highest BCUT2D eigenvalue weighted by atomic mass is 35.5. The van der Waals surface area contributed by atoms with E-state index in [0.29, 0.717) is 22.6 Å². The molecule has 1 atom stereocenters. The number of carbonyl (C=O) groups excluding carboxylic acids is 1. The van der Waals surface area contributed by atoms with Crippen molar-refractivity contribution in [2.24, 2.45) is 5.73 Å². The molecule has 3 nitrogen and oxygen atoms in total. The maximum atomic E-state index is 12.0. The molecule has 0 radical (unpaired) electrons. The van der Waals surface area contributed by atoms with Gasteiger partial charge in [0.15, 0.2) is 5.60 Å². The Morgan fingerprint density at radius 2 is 1.86 bits per heavy atom. The van der Waals surface area contributed by atoms with Crippen LogP contribution in [-0.4, -0.2) is 11.0 Å². The molecule has 0 aliphatic rings. The first-order valence-electron chi connectivity index (χ1n) is 6.47. The van der Waals surface area contributed by atoms with Crippen LogP contribution >= 0.6 is 23.2 Å². The van der Waals surface area contributed by atoms with E-state index < -0.39 is 11.5 Å². The van der Waals surface area contributed by atoms with E-state index >= 15 is 0 Å². The molecular weight excluding hydrogens is 309 g/mol. The van der Waals surface area contributed by atoms with Crippen molar-refractivity contribution in [1.29, 1.82) is 0 Å². The molecule has 0 aromatic heterocycles. The van der Waals surface area contributed by atoms with Gasteiger partial charge in [-0.3, -0.25) is 4.79 Å². The number of hydrogen-bond donors (Lipinski definition) is 2. The summed E-state index contributed by atoms with van der Waals surface area (Å²) in [4.78, 5) is 12.0. The summed E-state index contributed by atoms with van der Waals surface area (Å²) >= 11 is 12.2. The minimum Gasteiger partial charge on any atom is -0.372 e. The van der Waals surface area contributed by atoms with Gasteiger partial charge in [-0.15, -0.1) is 0 Å². The topological polar surface area (TPSA) is 63.3 Å². The summed E-state index contributed by atoms with van der Waals surface area (Å²) in [6, 6.07) is 11.7. The Kier molecular flexibility index (Phi) is 4.57. The Bertz CT molecular complexity index is 673. The Hall–Kier alpha value is -1.55. The van der Waals surface area contributed by atoms with Gasteiger partial charge in [0, 0.05) is 15.6 Å². The number of primary amides is 1. The maximum absolute atomic E-state index is 12.0. The van der Waals surface area contributed by atoms with Crippen molar-refractivity contribution in [2.75, 3.05) is 0 Å². The summed E-state index contributed by atoms with van der Waals surface area (Å²) in [6.07, 6.45) is 0.554. The SMILES string of the molecule is CCc1cc(Cl)cc(Cl)c1C(O)(C(N)=O)c1ccccc1. The van der Waals surface area contributed by atoms with Crippen molar-refractivity contribution in [2.45, 2.75) is 18.9 Å². The van der Waals surface area contributed by atoms with Gasteiger partial charge in [0.2, 0.25) is 0 Å². The first-order valence-corrected chi connectivity index (χ1v) is 7.23. The second-order valence-electron chi connectivity index (χ2n) is 4.72. The van der Waals surface area contributed by atoms with Crippen molar-refractivity contribution < 1.29 is 9.90 Å². The average molecular weight is 324 g/mol. The average Bonchev–Trinajstić information content (AvgIpc) is 2.46. The fraction of sp³-hybridized carbons (Fsp3) is 0.188. The van der Waals surface area contributed by atoms with Gasteiger partial charge in [0.05, 0.1) is 0 Å². The normalized spacial score (nSPS) is 13.7. The number of carbonyl (C=O) groups is 1. The van der Waals surface area contributed by atoms with E-state index in [9.17, 15) is 9.90 Å². The van der Waals surface area contributed by atoms with E-state index in [1.165, 1.54) is 6.07 Å². The molecule has 1 amide bonds. The quantitative estimate of drug-likeness (QED) is 0.906. The maximum Gasteiger partial charge on any atom is 0.258 e. The molecule has 0 aliphatic carbocycles. The highest BCUT2D eigenvalue weighted by molar-refractivity contribution is 6.35. The molecule has 2 rings (SSSR count). The van der Waals surface area contributed by atoms with Gasteiger partial charge in [-0.25, -0.2) is 0 Å². The van der Waals surface area contributed by atoms with Gasteiger partial charge in [0.25, 0.3) is 5.91 Å². The van der Waals surface area contributed by atoms with Crippen LogP contribution in [0.25, 0.3) is 0 Å². The zero-order valence-corrected chi connectivity index (χ0v) is 12.9. The monoisotopic (exact) mass is 323 g/mol. The minimum atomic E-state index is -1.99. The fourth-order valence-corrected chi connectivity index (χ4v) is 3.07. The Morgan fingerprint density at radius 1 is 1.24 bits per heavy atom. The predicted molar refractivity (Wildman–Crippen MR) is 84.5 cm³/mol. The van der Waals surface area contributed by atoms with Gasteiger partial charge in [-0.2, -0.15) is 0 Å². The lowest BCUT2D eigenvalue weighted by molar-refractivity contribution is -0.133. The van der Waals surface area contributed by atoms with Gasteiger partial charge < -0.3 is 10.8 Å². The molecule has 0 fully saturated rings. The molecule has 3 N–H and O–H groups in total. The number of hydrogen-bond acceptors (Lipinski definition) is 2. The molecule has 21 heavy (non-hydrogen) atoms. The molecule has 0 aliphatic heterocycles. The van der Waals surface area contributed by atoms with Crippen LogP contribution in [0.4, 0.5) is 0 Å². The number of benzene rings is 2.